The van der Waals surface area contributed by atoms with Crippen LogP contribution in [-0.4, -0.2) is 12.2 Å². The third-order valence-corrected chi connectivity index (χ3v) is 3.01. The zero-order valence-electron chi connectivity index (χ0n) is 12.6. The summed E-state index contributed by atoms with van der Waals surface area (Å²) in [4.78, 5) is 0. The van der Waals surface area contributed by atoms with E-state index in [2.05, 4.69) is 58.9 Å². The van der Waals surface area contributed by atoms with Crippen molar-refractivity contribution in [3.63, 3.8) is 0 Å². The standard InChI is InChI=1S/C17H28O/c1-14(2)16-11-8-10-15(13-16)9-6-7-12-18-17(3,4)5/h8,10-11,13-14H,6-7,9,12H2,1-5H3. The Morgan fingerprint density at radius 2 is 1.83 bits per heavy atom. The van der Waals surface area contributed by atoms with Gasteiger partial charge in [-0.15, -0.1) is 0 Å². The van der Waals surface area contributed by atoms with Crippen molar-refractivity contribution < 1.29 is 4.74 Å². The molecule has 0 amide bonds. The fourth-order valence-electron chi connectivity index (χ4n) is 1.92. The molecular weight excluding hydrogens is 220 g/mol. The summed E-state index contributed by atoms with van der Waals surface area (Å²) in [5.74, 6) is 0.620. The summed E-state index contributed by atoms with van der Waals surface area (Å²) in [6.07, 6.45) is 3.51. The molecule has 0 atom stereocenters. The lowest BCUT2D eigenvalue weighted by molar-refractivity contribution is -0.00452. The van der Waals surface area contributed by atoms with Crippen LogP contribution in [-0.2, 0) is 11.2 Å². The van der Waals surface area contributed by atoms with Gasteiger partial charge in [0, 0.05) is 6.61 Å². The van der Waals surface area contributed by atoms with Gasteiger partial charge in [-0.2, -0.15) is 0 Å². The maximum absolute atomic E-state index is 5.73. The molecule has 18 heavy (non-hydrogen) atoms. The number of unbranched alkanes of at least 4 members (excludes halogenated alkanes) is 1. The van der Waals surface area contributed by atoms with Crippen molar-refractivity contribution in [1.29, 1.82) is 0 Å². The number of hydrogen-bond acceptors (Lipinski definition) is 1. The Labute approximate surface area is 113 Å². The summed E-state index contributed by atoms with van der Waals surface area (Å²) < 4.78 is 5.73. The SMILES string of the molecule is CC(C)c1cccc(CCCCOC(C)(C)C)c1. The predicted molar refractivity (Wildman–Crippen MR) is 79.2 cm³/mol. The molecule has 0 spiro atoms. The summed E-state index contributed by atoms with van der Waals surface area (Å²) in [7, 11) is 0. The molecule has 102 valence electrons. The predicted octanol–water partition coefficient (Wildman–Crippen LogP) is 4.95. The van der Waals surface area contributed by atoms with Gasteiger partial charge in [0.15, 0.2) is 0 Å². The maximum atomic E-state index is 5.73. The Hall–Kier alpha value is -0.820. The van der Waals surface area contributed by atoms with Crippen molar-refractivity contribution in [2.45, 2.75) is 65.4 Å². The first-order valence-corrected chi connectivity index (χ1v) is 7.11. The first-order valence-electron chi connectivity index (χ1n) is 7.11. The van der Waals surface area contributed by atoms with Crippen LogP contribution in [0, 0.1) is 0 Å². The van der Waals surface area contributed by atoms with Crippen LogP contribution < -0.4 is 0 Å². The number of ether oxygens (including phenoxy) is 1. The second-order valence-corrected chi connectivity index (χ2v) is 6.32. The largest absolute Gasteiger partial charge is 0.376 e. The zero-order chi connectivity index (χ0) is 13.6. The van der Waals surface area contributed by atoms with Gasteiger partial charge in [0.05, 0.1) is 5.60 Å². The van der Waals surface area contributed by atoms with Crippen LogP contribution in [0.5, 0.6) is 0 Å². The van der Waals surface area contributed by atoms with Crippen LogP contribution in [0.15, 0.2) is 24.3 Å². The second-order valence-electron chi connectivity index (χ2n) is 6.32. The third kappa shape index (κ3) is 6.20. The van der Waals surface area contributed by atoms with Crippen LogP contribution in [0.25, 0.3) is 0 Å². The molecule has 0 saturated carbocycles. The van der Waals surface area contributed by atoms with Crippen molar-refractivity contribution in [2.24, 2.45) is 0 Å². The van der Waals surface area contributed by atoms with E-state index in [-0.39, 0.29) is 5.60 Å². The van der Waals surface area contributed by atoms with E-state index in [1.807, 2.05) is 0 Å². The summed E-state index contributed by atoms with van der Waals surface area (Å²) in [5.41, 5.74) is 2.90. The van der Waals surface area contributed by atoms with E-state index in [1.54, 1.807) is 0 Å². The molecule has 0 fully saturated rings. The van der Waals surface area contributed by atoms with Gasteiger partial charge in [0.25, 0.3) is 0 Å². The van der Waals surface area contributed by atoms with Crippen molar-refractivity contribution in [3.8, 4) is 0 Å². The van der Waals surface area contributed by atoms with E-state index in [0.717, 1.165) is 19.4 Å². The number of benzene rings is 1. The molecule has 1 heteroatoms. The van der Waals surface area contributed by atoms with Gasteiger partial charge in [-0.3, -0.25) is 0 Å². The van der Waals surface area contributed by atoms with Crippen molar-refractivity contribution in [3.05, 3.63) is 35.4 Å². The molecule has 0 radical (unpaired) electrons. The molecular formula is C17H28O. The van der Waals surface area contributed by atoms with Gasteiger partial charge >= 0.3 is 0 Å². The summed E-state index contributed by atoms with van der Waals surface area (Å²) in [6, 6.07) is 8.97. The average molecular weight is 248 g/mol. The van der Waals surface area contributed by atoms with Crippen LogP contribution in [0.4, 0.5) is 0 Å². The quantitative estimate of drug-likeness (QED) is 0.647. The fourth-order valence-corrected chi connectivity index (χ4v) is 1.92. The first-order chi connectivity index (χ1) is 8.38. The molecule has 0 aliphatic rings. The Kier molecular flexibility index (Phi) is 5.87. The van der Waals surface area contributed by atoms with E-state index < -0.39 is 0 Å². The van der Waals surface area contributed by atoms with E-state index in [4.69, 9.17) is 4.74 Å². The highest BCUT2D eigenvalue weighted by Gasteiger charge is 2.08. The summed E-state index contributed by atoms with van der Waals surface area (Å²) in [5, 5.41) is 0. The number of rotatable bonds is 6. The van der Waals surface area contributed by atoms with Crippen molar-refractivity contribution in [1.82, 2.24) is 0 Å². The number of hydrogen-bond donors (Lipinski definition) is 0. The van der Waals surface area contributed by atoms with Gasteiger partial charge in [0.2, 0.25) is 0 Å². The zero-order valence-corrected chi connectivity index (χ0v) is 12.6. The summed E-state index contributed by atoms with van der Waals surface area (Å²) in [6.45, 7) is 11.7. The maximum Gasteiger partial charge on any atom is 0.0598 e. The van der Waals surface area contributed by atoms with Gasteiger partial charge in [-0.25, -0.2) is 0 Å². The van der Waals surface area contributed by atoms with Crippen LogP contribution in [0.3, 0.4) is 0 Å². The molecule has 0 aliphatic heterocycles. The van der Waals surface area contributed by atoms with Gasteiger partial charge in [-0.05, 0) is 57.1 Å². The van der Waals surface area contributed by atoms with Crippen molar-refractivity contribution >= 4 is 0 Å². The lowest BCUT2D eigenvalue weighted by atomic mass is 9.99. The molecule has 1 nitrogen and oxygen atoms in total. The van der Waals surface area contributed by atoms with Crippen LogP contribution in [0.2, 0.25) is 0 Å². The van der Waals surface area contributed by atoms with Gasteiger partial charge < -0.3 is 4.74 Å². The third-order valence-electron chi connectivity index (χ3n) is 3.01. The minimum absolute atomic E-state index is 0.00242. The molecule has 1 aromatic carbocycles. The normalized spacial score (nSPS) is 12.1. The highest BCUT2D eigenvalue weighted by molar-refractivity contribution is 5.25. The summed E-state index contributed by atoms with van der Waals surface area (Å²) >= 11 is 0. The van der Waals surface area contributed by atoms with E-state index in [1.165, 1.54) is 17.5 Å². The average Bonchev–Trinajstić information content (AvgIpc) is 2.27. The smallest absolute Gasteiger partial charge is 0.0598 e. The van der Waals surface area contributed by atoms with Gasteiger partial charge in [-0.1, -0.05) is 38.1 Å². The molecule has 1 rings (SSSR count). The van der Waals surface area contributed by atoms with Gasteiger partial charge in [0.1, 0.15) is 0 Å². The number of aryl methyl sites for hydroxylation is 1. The lowest BCUT2D eigenvalue weighted by Gasteiger charge is -2.19. The Morgan fingerprint density at radius 1 is 1.11 bits per heavy atom. The molecule has 0 unspecified atom stereocenters. The molecule has 1 aromatic rings. The fraction of sp³-hybridized carbons (Fsp3) is 0.647. The van der Waals surface area contributed by atoms with E-state index >= 15 is 0 Å². The Morgan fingerprint density at radius 3 is 2.44 bits per heavy atom. The Balaban J connectivity index is 2.29. The molecule has 0 saturated heterocycles. The minimum atomic E-state index is -0.00242. The minimum Gasteiger partial charge on any atom is -0.376 e. The first kappa shape index (κ1) is 15.2. The molecule has 0 bridgehead atoms. The van der Waals surface area contributed by atoms with E-state index in [9.17, 15) is 0 Å². The second kappa shape index (κ2) is 6.94. The van der Waals surface area contributed by atoms with E-state index in [0.29, 0.717) is 5.92 Å². The molecule has 0 N–H and O–H groups in total. The van der Waals surface area contributed by atoms with Crippen LogP contribution in [0.1, 0.15) is 64.5 Å². The molecule has 0 heterocycles. The lowest BCUT2D eigenvalue weighted by Crippen LogP contribution is -2.19. The highest BCUT2D eigenvalue weighted by atomic mass is 16.5. The topological polar surface area (TPSA) is 9.23 Å². The molecule has 0 aliphatic carbocycles. The Bertz CT molecular complexity index is 347. The molecule has 0 aromatic heterocycles. The monoisotopic (exact) mass is 248 g/mol. The van der Waals surface area contributed by atoms with Crippen LogP contribution >= 0.6 is 0 Å². The van der Waals surface area contributed by atoms with Crippen molar-refractivity contribution in [2.75, 3.05) is 6.61 Å². The highest BCUT2D eigenvalue weighted by Crippen LogP contribution is 2.17.